The van der Waals surface area contributed by atoms with Crippen molar-refractivity contribution in [3.8, 4) is 0 Å². The summed E-state index contributed by atoms with van der Waals surface area (Å²) in [4.78, 5) is 14.6. The quantitative estimate of drug-likeness (QED) is 0.761. The summed E-state index contributed by atoms with van der Waals surface area (Å²) in [5.74, 6) is -0.123. The van der Waals surface area contributed by atoms with Crippen LogP contribution in [0.15, 0.2) is 30.3 Å². The molecule has 1 atom stereocenters. The van der Waals surface area contributed by atoms with Crippen molar-refractivity contribution in [2.75, 3.05) is 33.4 Å². The molecule has 1 aromatic rings. The molecule has 122 valence electrons. The maximum atomic E-state index is 12.4. The Labute approximate surface area is 132 Å². The van der Waals surface area contributed by atoms with Crippen LogP contribution in [0.1, 0.15) is 18.4 Å². The number of piperidine rings is 1. The van der Waals surface area contributed by atoms with E-state index in [1.807, 2.05) is 18.2 Å². The topological polar surface area (TPSA) is 75.8 Å². The number of carbonyl (C=O) groups is 1. The third-order valence-electron chi connectivity index (χ3n) is 4.54. The molecule has 1 fully saturated rings. The van der Waals surface area contributed by atoms with Crippen LogP contribution in [0.25, 0.3) is 0 Å². The summed E-state index contributed by atoms with van der Waals surface area (Å²) in [6.07, 6.45) is 2.22. The van der Waals surface area contributed by atoms with Gasteiger partial charge in [0, 0.05) is 12.6 Å². The lowest BCUT2D eigenvalue weighted by Crippen LogP contribution is -2.49. The van der Waals surface area contributed by atoms with Crippen LogP contribution in [-0.2, 0) is 16.0 Å². The molecular weight excluding hydrogens is 280 g/mol. The Bertz CT molecular complexity index is 470. The molecule has 22 heavy (non-hydrogen) atoms. The van der Waals surface area contributed by atoms with Crippen LogP contribution in [0.5, 0.6) is 0 Å². The van der Waals surface area contributed by atoms with Gasteiger partial charge in [-0.15, -0.1) is 0 Å². The molecule has 5 heteroatoms. The minimum absolute atomic E-state index is 0.0113. The normalized spacial score (nSPS) is 19.6. The first-order valence-corrected chi connectivity index (χ1v) is 7.81. The van der Waals surface area contributed by atoms with E-state index in [-0.39, 0.29) is 18.6 Å². The van der Waals surface area contributed by atoms with Crippen molar-refractivity contribution in [2.45, 2.75) is 25.3 Å². The molecule has 1 aliphatic rings. The highest BCUT2D eigenvalue weighted by molar-refractivity contribution is 5.77. The molecule has 1 unspecified atom stereocenters. The highest BCUT2D eigenvalue weighted by Gasteiger charge is 2.42. The molecule has 0 amide bonds. The fourth-order valence-electron chi connectivity index (χ4n) is 3.21. The van der Waals surface area contributed by atoms with E-state index in [1.165, 1.54) is 7.11 Å². The largest absolute Gasteiger partial charge is 0.469 e. The van der Waals surface area contributed by atoms with Gasteiger partial charge in [0.15, 0.2) is 0 Å². The summed E-state index contributed by atoms with van der Waals surface area (Å²) in [5.41, 5.74) is 6.51. The third-order valence-corrected chi connectivity index (χ3v) is 4.54. The molecule has 0 bridgehead atoms. The van der Waals surface area contributed by atoms with Crippen molar-refractivity contribution in [2.24, 2.45) is 11.1 Å². The summed E-state index contributed by atoms with van der Waals surface area (Å²) in [6, 6.07) is 9.86. The maximum Gasteiger partial charge on any atom is 0.312 e. The Hall–Kier alpha value is -1.43. The summed E-state index contributed by atoms with van der Waals surface area (Å²) >= 11 is 0. The van der Waals surface area contributed by atoms with E-state index >= 15 is 0 Å². The van der Waals surface area contributed by atoms with E-state index in [2.05, 4.69) is 17.0 Å². The van der Waals surface area contributed by atoms with Crippen LogP contribution < -0.4 is 5.73 Å². The number of hydrogen-bond donors (Lipinski definition) is 2. The van der Waals surface area contributed by atoms with Gasteiger partial charge in [0.25, 0.3) is 0 Å². The van der Waals surface area contributed by atoms with Crippen LogP contribution in [0.4, 0.5) is 0 Å². The molecule has 0 aromatic heterocycles. The lowest BCUT2D eigenvalue weighted by Gasteiger charge is -2.40. The Morgan fingerprint density at radius 2 is 2.00 bits per heavy atom. The van der Waals surface area contributed by atoms with Crippen molar-refractivity contribution < 1.29 is 14.6 Å². The van der Waals surface area contributed by atoms with Crippen LogP contribution in [0.2, 0.25) is 0 Å². The lowest BCUT2D eigenvalue weighted by molar-refractivity contribution is -0.156. The van der Waals surface area contributed by atoms with Gasteiger partial charge in [-0.2, -0.15) is 0 Å². The summed E-state index contributed by atoms with van der Waals surface area (Å²) in [5, 5.41) is 9.06. The van der Waals surface area contributed by atoms with Crippen molar-refractivity contribution in [3.05, 3.63) is 35.9 Å². The maximum absolute atomic E-state index is 12.4. The number of hydrogen-bond acceptors (Lipinski definition) is 5. The van der Waals surface area contributed by atoms with Gasteiger partial charge < -0.3 is 20.5 Å². The number of esters is 1. The molecule has 2 rings (SSSR count). The van der Waals surface area contributed by atoms with Gasteiger partial charge in [0.1, 0.15) is 0 Å². The number of nitrogens with two attached hydrogens (primary N) is 1. The second-order valence-electron chi connectivity index (χ2n) is 6.18. The molecule has 1 aliphatic heterocycles. The fourth-order valence-corrected chi connectivity index (χ4v) is 3.21. The Kier molecular flexibility index (Phi) is 5.94. The van der Waals surface area contributed by atoms with Gasteiger partial charge in [-0.3, -0.25) is 4.79 Å². The summed E-state index contributed by atoms with van der Waals surface area (Å²) < 4.78 is 5.08. The smallest absolute Gasteiger partial charge is 0.312 e. The minimum Gasteiger partial charge on any atom is -0.469 e. The molecule has 1 saturated heterocycles. The van der Waals surface area contributed by atoms with Gasteiger partial charge in [-0.25, -0.2) is 0 Å². The van der Waals surface area contributed by atoms with Crippen molar-refractivity contribution in [3.63, 3.8) is 0 Å². The number of rotatable bonds is 6. The molecule has 0 saturated carbocycles. The van der Waals surface area contributed by atoms with Crippen LogP contribution in [0, 0.1) is 5.41 Å². The second kappa shape index (κ2) is 7.72. The zero-order valence-corrected chi connectivity index (χ0v) is 13.2. The number of likely N-dealkylation sites (tertiary alicyclic amines) is 1. The number of aliphatic hydroxyl groups excluding tert-OH is 1. The second-order valence-corrected chi connectivity index (χ2v) is 6.18. The lowest BCUT2D eigenvalue weighted by atomic mass is 9.73. The van der Waals surface area contributed by atoms with Gasteiger partial charge in [-0.1, -0.05) is 30.3 Å². The monoisotopic (exact) mass is 306 g/mol. The van der Waals surface area contributed by atoms with E-state index < -0.39 is 5.41 Å². The molecule has 1 heterocycles. The Morgan fingerprint density at radius 3 is 2.55 bits per heavy atom. The minimum atomic E-state index is -0.448. The number of methoxy groups -OCH3 is 1. The van der Waals surface area contributed by atoms with Gasteiger partial charge in [-0.05, 0) is 37.9 Å². The third kappa shape index (κ3) is 4.06. The SMILES string of the molecule is COC(=O)C1(Cc2ccccc2)CCN(CC(N)CO)CC1. The average molecular weight is 306 g/mol. The molecule has 3 N–H and O–H groups in total. The van der Waals surface area contributed by atoms with Crippen molar-refractivity contribution >= 4 is 5.97 Å². The zero-order valence-electron chi connectivity index (χ0n) is 13.2. The Morgan fingerprint density at radius 1 is 1.36 bits per heavy atom. The number of ether oxygens (including phenoxy) is 1. The van der Waals surface area contributed by atoms with Crippen molar-refractivity contribution in [1.29, 1.82) is 0 Å². The van der Waals surface area contributed by atoms with E-state index in [0.717, 1.165) is 31.5 Å². The first kappa shape index (κ1) is 16.9. The van der Waals surface area contributed by atoms with Crippen LogP contribution in [0.3, 0.4) is 0 Å². The van der Waals surface area contributed by atoms with E-state index in [4.69, 9.17) is 15.6 Å². The first-order valence-electron chi connectivity index (χ1n) is 7.81. The molecular formula is C17H26N2O3. The van der Waals surface area contributed by atoms with Gasteiger partial charge in [0.2, 0.25) is 0 Å². The number of aliphatic hydroxyl groups is 1. The Balaban J connectivity index is 2.05. The number of benzene rings is 1. The molecule has 0 aliphatic carbocycles. The first-order chi connectivity index (χ1) is 10.6. The van der Waals surface area contributed by atoms with E-state index in [9.17, 15) is 4.79 Å². The van der Waals surface area contributed by atoms with Crippen LogP contribution in [-0.4, -0.2) is 55.4 Å². The van der Waals surface area contributed by atoms with Crippen LogP contribution >= 0.6 is 0 Å². The highest BCUT2D eigenvalue weighted by Crippen LogP contribution is 2.36. The molecule has 5 nitrogen and oxygen atoms in total. The highest BCUT2D eigenvalue weighted by atomic mass is 16.5. The predicted octanol–water partition coefficient (Wildman–Crippen LogP) is 0.804. The van der Waals surface area contributed by atoms with Gasteiger partial charge in [0.05, 0.1) is 19.1 Å². The zero-order chi connectivity index (χ0) is 16.0. The number of carbonyl (C=O) groups excluding carboxylic acids is 1. The molecule has 1 aromatic carbocycles. The molecule has 0 radical (unpaired) electrons. The summed E-state index contributed by atoms with van der Waals surface area (Å²) in [6.45, 7) is 2.26. The number of nitrogens with zero attached hydrogens (tertiary/aromatic N) is 1. The van der Waals surface area contributed by atoms with Gasteiger partial charge >= 0.3 is 5.97 Å². The summed E-state index contributed by atoms with van der Waals surface area (Å²) in [7, 11) is 1.46. The molecule has 0 spiro atoms. The van der Waals surface area contributed by atoms with Crippen molar-refractivity contribution in [1.82, 2.24) is 4.90 Å². The van der Waals surface area contributed by atoms with E-state index in [1.54, 1.807) is 0 Å². The standard InChI is InChI=1S/C17H26N2O3/c1-22-16(21)17(11-14-5-3-2-4-6-14)7-9-19(10-8-17)12-15(18)13-20/h2-6,15,20H,7-13,18H2,1H3. The fraction of sp³-hybridized carbons (Fsp3) is 0.588. The van der Waals surface area contributed by atoms with E-state index in [0.29, 0.717) is 13.0 Å². The predicted molar refractivity (Wildman–Crippen MR) is 85.3 cm³/mol. The average Bonchev–Trinajstić information content (AvgIpc) is 2.56.